The number of carbonyl (C=O) groups excluding carboxylic acids is 1. The predicted octanol–water partition coefficient (Wildman–Crippen LogP) is 5.67. The van der Waals surface area contributed by atoms with Gasteiger partial charge in [0.2, 0.25) is 0 Å². The summed E-state index contributed by atoms with van der Waals surface area (Å²) in [6, 6.07) is 11.7. The van der Waals surface area contributed by atoms with E-state index < -0.39 is 11.7 Å². The van der Waals surface area contributed by atoms with Crippen molar-refractivity contribution in [3.63, 3.8) is 0 Å². The second-order valence-corrected chi connectivity index (χ2v) is 6.72. The topological polar surface area (TPSA) is 52.9 Å². The van der Waals surface area contributed by atoms with E-state index in [2.05, 4.69) is 5.32 Å². The summed E-state index contributed by atoms with van der Waals surface area (Å²) in [7, 11) is 0. The van der Waals surface area contributed by atoms with Crippen molar-refractivity contribution in [3.8, 4) is 6.07 Å². The Balaban J connectivity index is 1.80. The van der Waals surface area contributed by atoms with Crippen LogP contribution in [0.25, 0.3) is 0 Å². The van der Waals surface area contributed by atoms with E-state index in [1.807, 2.05) is 6.07 Å². The Morgan fingerprint density at radius 3 is 2.44 bits per heavy atom. The minimum Gasteiger partial charge on any atom is -0.358 e. The molecule has 1 N–H and O–H groups in total. The number of ketones is 1. The zero-order valence-electron chi connectivity index (χ0n) is 14.0. The average molecular weight is 391 g/mol. The largest absolute Gasteiger partial charge is 0.416 e. The molecule has 0 saturated heterocycles. The number of allylic oxidation sites excluding steroid dienone is 2. The van der Waals surface area contributed by atoms with Crippen LogP contribution in [-0.2, 0) is 11.0 Å². The van der Waals surface area contributed by atoms with Crippen LogP contribution in [0.1, 0.15) is 35.4 Å². The van der Waals surface area contributed by atoms with Crippen molar-refractivity contribution in [1.82, 2.24) is 0 Å². The number of hydrogen-bond acceptors (Lipinski definition) is 3. The van der Waals surface area contributed by atoms with Gasteiger partial charge < -0.3 is 5.32 Å². The van der Waals surface area contributed by atoms with Crippen molar-refractivity contribution in [3.05, 3.63) is 76.0 Å². The third-order valence-corrected chi connectivity index (χ3v) is 4.59. The highest BCUT2D eigenvalue weighted by Gasteiger charge is 2.31. The molecule has 27 heavy (non-hydrogen) atoms. The molecule has 3 rings (SSSR count). The number of anilines is 1. The zero-order valence-corrected chi connectivity index (χ0v) is 14.7. The lowest BCUT2D eigenvalue weighted by atomic mass is 9.85. The fourth-order valence-electron chi connectivity index (χ4n) is 3.05. The monoisotopic (exact) mass is 390 g/mol. The molecule has 0 aliphatic heterocycles. The third kappa shape index (κ3) is 4.50. The number of halogens is 4. The molecule has 0 amide bonds. The zero-order chi connectivity index (χ0) is 19.6. The summed E-state index contributed by atoms with van der Waals surface area (Å²) in [5.41, 5.74) is 1.42. The highest BCUT2D eigenvalue weighted by molar-refractivity contribution is 6.30. The molecule has 0 bridgehead atoms. The summed E-state index contributed by atoms with van der Waals surface area (Å²) in [4.78, 5) is 12.1. The molecule has 2 aromatic carbocycles. The normalized spacial score (nSPS) is 17.2. The minimum atomic E-state index is -4.39. The molecule has 138 valence electrons. The third-order valence-electron chi connectivity index (χ3n) is 4.36. The van der Waals surface area contributed by atoms with Gasteiger partial charge in [0.15, 0.2) is 5.78 Å². The second kappa shape index (κ2) is 7.45. The Bertz CT molecular complexity index is 943. The van der Waals surface area contributed by atoms with Gasteiger partial charge in [-0.05, 0) is 48.2 Å². The molecule has 0 aromatic heterocycles. The molecule has 1 aliphatic rings. The Hall–Kier alpha value is -2.78. The number of hydrogen-bond donors (Lipinski definition) is 1. The first-order valence-electron chi connectivity index (χ1n) is 8.13. The maximum absolute atomic E-state index is 12.7. The molecule has 1 atom stereocenters. The molecule has 0 spiro atoms. The van der Waals surface area contributed by atoms with Crippen LogP contribution in [0, 0.1) is 11.3 Å². The van der Waals surface area contributed by atoms with Crippen molar-refractivity contribution < 1.29 is 18.0 Å². The summed E-state index contributed by atoms with van der Waals surface area (Å²) < 4.78 is 38.2. The smallest absolute Gasteiger partial charge is 0.358 e. The molecule has 0 saturated carbocycles. The predicted molar refractivity (Wildman–Crippen MR) is 96.3 cm³/mol. The molecule has 0 heterocycles. The first-order valence-corrected chi connectivity index (χ1v) is 8.51. The number of alkyl halides is 3. The van der Waals surface area contributed by atoms with Crippen LogP contribution in [0.15, 0.2) is 54.2 Å². The van der Waals surface area contributed by atoms with Crippen molar-refractivity contribution in [2.45, 2.75) is 24.9 Å². The van der Waals surface area contributed by atoms with Crippen molar-refractivity contribution in [1.29, 1.82) is 5.26 Å². The van der Waals surface area contributed by atoms with E-state index in [0.717, 1.165) is 12.1 Å². The Labute approximate surface area is 159 Å². The number of rotatable bonds is 3. The van der Waals surface area contributed by atoms with Crippen molar-refractivity contribution in [2.24, 2.45) is 0 Å². The fraction of sp³-hybridized carbons (Fsp3) is 0.200. The van der Waals surface area contributed by atoms with Crippen LogP contribution in [0.4, 0.5) is 18.9 Å². The molecular formula is C20H14ClF3N2O. The van der Waals surface area contributed by atoms with Crippen molar-refractivity contribution >= 4 is 23.1 Å². The molecule has 1 aliphatic carbocycles. The molecule has 7 heteroatoms. The second-order valence-electron chi connectivity index (χ2n) is 6.29. The number of benzene rings is 2. The Kier molecular flexibility index (Phi) is 5.24. The van der Waals surface area contributed by atoms with Crippen LogP contribution in [0.3, 0.4) is 0 Å². The van der Waals surface area contributed by atoms with Gasteiger partial charge in [-0.25, -0.2) is 0 Å². The quantitative estimate of drug-likeness (QED) is 0.734. The summed E-state index contributed by atoms with van der Waals surface area (Å²) >= 11 is 5.88. The van der Waals surface area contributed by atoms with E-state index in [9.17, 15) is 23.2 Å². The molecule has 1 unspecified atom stereocenters. The Morgan fingerprint density at radius 2 is 1.81 bits per heavy atom. The van der Waals surface area contributed by atoms with Crippen LogP contribution >= 0.6 is 11.6 Å². The number of carbonyl (C=O) groups is 1. The molecule has 0 radical (unpaired) electrons. The number of nitriles is 1. The van der Waals surface area contributed by atoms with E-state index in [1.165, 1.54) is 24.3 Å². The van der Waals surface area contributed by atoms with E-state index in [4.69, 9.17) is 11.6 Å². The highest BCUT2D eigenvalue weighted by atomic mass is 35.5. The maximum Gasteiger partial charge on any atom is 0.416 e. The lowest BCUT2D eigenvalue weighted by molar-refractivity contribution is -0.137. The molecule has 2 aromatic rings. The van der Waals surface area contributed by atoms with Crippen LogP contribution in [0.2, 0.25) is 5.02 Å². The van der Waals surface area contributed by atoms with Gasteiger partial charge in [-0.15, -0.1) is 0 Å². The number of nitrogens with zero attached hydrogens (tertiary/aromatic N) is 1. The van der Waals surface area contributed by atoms with Gasteiger partial charge in [-0.3, -0.25) is 4.79 Å². The van der Waals surface area contributed by atoms with Gasteiger partial charge in [-0.1, -0.05) is 23.7 Å². The van der Waals surface area contributed by atoms with Crippen LogP contribution in [-0.4, -0.2) is 5.78 Å². The molecular weight excluding hydrogens is 377 g/mol. The van der Waals surface area contributed by atoms with E-state index in [0.29, 0.717) is 34.0 Å². The lowest BCUT2D eigenvalue weighted by Gasteiger charge is -2.24. The van der Waals surface area contributed by atoms with Crippen molar-refractivity contribution in [2.75, 3.05) is 5.32 Å². The fourth-order valence-corrected chi connectivity index (χ4v) is 3.22. The first-order chi connectivity index (χ1) is 12.8. The first kappa shape index (κ1) is 19.0. The van der Waals surface area contributed by atoms with Gasteiger partial charge >= 0.3 is 6.18 Å². The highest BCUT2D eigenvalue weighted by Crippen LogP contribution is 2.35. The minimum absolute atomic E-state index is 0.124. The van der Waals surface area contributed by atoms with Gasteiger partial charge in [0.25, 0.3) is 0 Å². The Morgan fingerprint density at radius 1 is 1.11 bits per heavy atom. The van der Waals surface area contributed by atoms with E-state index in [-0.39, 0.29) is 18.1 Å². The summed E-state index contributed by atoms with van der Waals surface area (Å²) in [5, 5.41) is 12.7. The summed E-state index contributed by atoms with van der Waals surface area (Å²) in [6.45, 7) is 0. The van der Waals surface area contributed by atoms with Gasteiger partial charge in [0, 0.05) is 23.2 Å². The van der Waals surface area contributed by atoms with Gasteiger partial charge in [0.1, 0.15) is 6.07 Å². The molecule has 0 fully saturated rings. The van der Waals surface area contributed by atoms with Crippen LogP contribution < -0.4 is 5.32 Å². The van der Waals surface area contributed by atoms with E-state index >= 15 is 0 Å². The SMILES string of the molecule is N#Cc1cc(Cl)ccc1NC1=CC(=O)CC(c2ccc(C(F)(F)F)cc2)C1. The summed E-state index contributed by atoms with van der Waals surface area (Å²) in [5.74, 6) is -0.355. The van der Waals surface area contributed by atoms with E-state index in [1.54, 1.807) is 12.1 Å². The maximum atomic E-state index is 12.7. The standard InChI is InChI=1S/C20H14ClF3N2O/c21-16-5-6-19(14(7-16)11-25)26-17-8-13(9-18(27)10-17)12-1-3-15(4-2-12)20(22,23)24/h1-7,10,13,26H,8-9H2. The molecule has 3 nitrogen and oxygen atoms in total. The lowest BCUT2D eigenvalue weighted by Crippen LogP contribution is -2.17. The van der Waals surface area contributed by atoms with Gasteiger partial charge in [0.05, 0.1) is 16.8 Å². The summed E-state index contributed by atoms with van der Waals surface area (Å²) in [6.07, 6.45) is -2.25. The van der Waals surface area contributed by atoms with Crippen LogP contribution in [0.5, 0.6) is 0 Å². The average Bonchev–Trinajstić information content (AvgIpc) is 2.62. The van der Waals surface area contributed by atoms with Gasteiger partial charge in [-0.2, -0.15) is 18.4 Å². The number of nitrogens with one attached hydrogen (secondary N) is 1.